The monoisotopic (exact) mass is 166 g/mol. The molecular weight excluding hydrogens is 148 g/mol. The molecule has 0 aliphatic rings. The van der Waals surface area contributed by atoms with Gasteiger partial charge < -0.3 is 4.57 Å². The molecule has 0 radical (unpaired) electrons. The molecule has 0 N–H and O–H groups in total. The number of hydrogen-bond acceptors (Lipinski definition) is 1. The number of nitrogens with zero attached hydrogens (tertiary/aromatic N) is 2. The first-order valence-electron chi connectivity index (χ1n) is 4.80. The molecule has 0 saturated heterocycles. The molecule has 0 saturated carbocycles. The Labute approximate surface area is 74.6 Å². The van der Waals surface area contributed by atoms with Gasteiger partial charge in [-0.2, -0.15) is 0 Å². The summed E-state index contributed by atoms with van der Waals surface area (Å²) in [5.74, 6) is 1.25. The molecule has 2 nitrogen and oxygen atoms in total. The molecular formula is C10H18N2. The molecule has 1 heterocycles. The fourth-order valence-corrected chi connectivity index (χ4v) is 1.40. The number of rotatable bonds is 4. The number of aryl methyl sites for hydroxylation is 3. The van der Waals surface area contributed by atoms with Crippen molar-refractivity contribution in [2.24, 2.45) is 0 Å². The minimum atomic E-state index is 1.04. The summed E-state index contributed by atoms with van der Waals surface area (Å²) in [4.78, 5) is 4.48. The minimum Gasteiger partial charge on any atom is -0.335 e. The third-order valence-corrected chi connectivity index (χ3v) is 2.07. The molecule has 12 heavy (non-hydrogen) atoms. The Balaban J connectivity index is 2.68. The van der Waals surface area contributed by atoms with Gasteiger partial charge in [0.25, 0.3) is 0 Å². The van der Waals surface area contributed by atoms with E-state index in [2.05, 4.69) is 36.5 Å². The lowest BCUT2D eigenvalue weighted by Gasteiger charge is -2.02. The maximum atomic E-state index is 4.48. The largest absolute Gasteiger partial charge is 0.335 e. The van der Waals surface area contributed by atoms with E-state index < -0.39 is 0 Å². The van der Waals surface area contributed by atoms with Gasteiger partial charge in [-0.15, -0.1) is 0 Å². The van der Waals surface area contributed by atoms with Crippen molar-refractivity contribution in [2.45, 2.75) is 46.6 Å². The zero-order valence-electron chi connectivity index (χ0n) is 8.30. The van der Waals surface area contributed by atoms with Crippen molar-refractivity contribution in [3.05, 3.63) is 17.7 Å². The first-order chi connectivity index (χ1) is 5.77. The van der Waals surface area contributed by atoms with Crippen molar-refractivity contribution in [3.8, 4) is 0 Å². The fraction of sp³-hybridized carbons (Fsp3) is 0.700. The van der Waals surface area contributed by atoms with E-state index in [0.29, 0.717) is 0 Å². The van der Waals surface area contributed by atoms with E-state index in [1.807, 2.05) is 0 Å². The second kappa shape index (κ2) is 4.29. The van der Waals surface area contributed by atoms with E-state index in [-0.39, 0.29) is 0 Å². The van der Waals surface area contributed by atoms with Gasteiger partial charge in [-0.3, -0.25) is 0 Å². The Bertz CT molecular complexity index is 238. The zero-order chi connectivity index (χ0) is 8.97. The van der Waals surface area contributed by atoms with E-state index in [0.717, 1.165) is 18.7 Å². The predicted octanol–water partition coefficient (Wildman–Crippen LogP) is 2.55. The smallest absolute Gasteiger partial charge is 0.108 e. The normalized spacial score (nSPS) is 10.6. The van der Waals surface area contributed by atoms with E-state index in [1.54, 1.807) is 0 Å². The van der Waals surface area contributed by atoms with Gasteiger partial charge in [-0.1, -0.05) is 13.3 Å². The summed E-state index contributed by atoms with van der Waals surface area (Å²) in [5.41, 5.74) is 1.14. The lowest BCUT2D eigenvalue weighted by molar-refractivity contribution is 0.662. The molecule has 0 aliphatic heterocycles. The van der Waals surface area contributed by atoms with Crippen molar-refractivity contribution in [1.29, 1.82) is 0 Å². The molecule has 1 aromatic rings. The zero-order valence-corrected chi connectivity index (χ0v) is 8.30. The van der Waals surface area contributed by atoms with Crippen LogP contribution < -0.4 is 0 Å². The highest BCUT2D eigenvalue weighted by molar-refractivity contribution is 5.02. The van der Waals surface area contributed by atoms with Crippen LogP contribution >= 0.6 is 0 Å². The molecule has 0 unspecified atom stereocenters. The van der Waals surface area contributed by atoms with Crippen molar-refractivity contribution in [2.75, 3.05) is 0 Å². The van der Waals surface area contributed by atoms with Crippen LogP contribution in [0.25, 0.3) is 0 Å². The summed E-state index contributed by atoms with van der Waals surface area (Å²) in [6.07, 6.45) is 5.75. The van der Waals surface area contributed by atoms with Crippen LogP contribution in [0.3, 0.4) is 0 Å². The number of unbranched alkanes of at least 4 members (excludes halogenated alkanes) is 1. The van der Waals surface area contributed by atoms with Crippen LogP contribution in [0.15, 0.2) is 6.20 Å². The molecule has 1 rings (SSSR count). The van der Waals surface area contributed by atoms with Gasteiger partial charge in [-0.25, -0.2) is 4.98 Å². The predicted molar refractivity (Wildman–Crippen MR) is 51.3 cm³/mol. The van der Waals surface area contributed by atoms with Crippen LogP contribution in [0.4, 0.5) is 0 Å². The second-order valence-corrected chi connectivity index (χ2v) is 3.19. The van der Waals surface area contributed by atoms with Gasteiger partial charge in [0.15, 0.2) is 0 Å². The molecule has 0 spiro atoms. The second-order valence-electron chi connectivity index (χ2n) is 3.19. The van der Waals surface area contributed by atoms with Gasteiger partial charge in [0.05, 0.1) is 5.69 Å². The molecule has 0 amide bonds. The van der Waals surface area contributed by atoms with Crippen LogP contribution in [-0.2, 0) is 13.0 Å². The maximum Gasteiger partial charge on any atom is 0.108 e. The summed E-state index contributed by atoms with van der Waals surface area (Å²) >= 11 is 0. The Hall–Kier alpha value is -0.790. The standard InChI is InChI=1S/C10H18N2/c1-4-6-7-10-11-9(3)8-12(10)5-2/h8H,4-7H2,1-3H3. The van der Waals surface area contributed by atoms with Crippen LogP contribution in [0.2, 0.25) is 0 Å². The molecule has 0 bridgehead atoms. The fourth-order valence-electron chi connectivity index (χ4n) is 1.40. The van der Waals surface area contributed by atoms with Gasteiger partial charge in [0.1, 0.15) is 5.82 Å². The van der Waals surface area contributed by atoms with E-state index >= 15 is 0 Å². The molecule has 1 aromatic heterocycles. The first-order valence-corrected chi connectivity index (χ1v) is 4.80. The first kappa shape index (κ1) is 9.30. The quantitative estimate of drug-likeness (QED) is 0.672. The lowest BCUT2D eigenvalue weighted by atomic mass is 10.2. The SMILES string of the molecule is CCCCc1nc(C)cn1CC. The average Bonchev–Trinajstić information content (AvgIpc) is 2.42. The third kappa shape index (κ3) is 2.10. The summed E-state index contributed by atoms with van der Waals surface area (Å²) < 4.78 is 2.24. The van der Waals surface area contributed by atoms with E-state index in [4.69, 9.17) is 0 Å². The van der Waals surface area contributed by atoms with Gasteiger partial charge in [-0.05, 0) is 20.3 Å². The van der Waals surface area contributed by atoms with Gasteiger partial charge >= 0.3 is 0 Å². The van der Waals surface area contributed by atoms with E-state index in [9.17, 15) is 0 Å². The summed E-state index contributed by atoms with van der Waals surface area (Å²) in [6.45, 7) is 7.48. The Morgan fingerprint density at radius 3 is 2.75 bits per heavy atom. The maximum absolute atomic E-state index is 4.48. The minimum absolute atomic E-state index is 1.04. The Morgan fingerprint density at radius 1 is 1.42 bits per heavy atom. The highest BCUT2D eigenvalue weighted by Gasteiger charge is 2.02. The number of aromatic nitrogens is 2. The number of hydrogen-bond donors (Lipinski definition) is 0. The Morgan fingerprint density at radius 2 is 2.17 bits per heavy atom. The average molecular weight is 166 g/mol. The highest BCUT2D eigenvalue weighted by Crippen LogP contribution is 2.06. The van der Waals surface area contributed by atoms with Gasteiger partial charge in [0.2, 0.25) is 0 Å². The van der Waals surface area contributed by atoms with Crippen LogP contribution in [0, 0.1) is 6.92 Å². The molecule has 0 atom stereocenters. The topological polar surface area (TPSA) is 17.8 Å². The molecule has 0 aliphatic carbocycles. The highest BCUT2D eigenvalue weighted by atomic mass is 15.1. The van der Waals surface area contributed by atoms with Crippen molar-refractivity contribution >= 4 is 0 Å². The van der Waals surface area contributed by atoms with E-state index in [1.165, 1.54) is 18.7 Å². The molecule has 2 heteroatoms. The number of imidazole rings is 1. The van der Waals surface area contributed by atoms with Crippen LogP contribution in [-0.4, -0.2) is 9.55 Å². The van der Waals surface area contributed by atoms with Crippen LogP contribution in [0.5, 0.6) is 0 Å². The molecule has 0 aromatic carbocycles. The van der Waals surface area contributed by atoms with Crippen LogP contribution in [0.1, 0.15) is 38.2 Å². The van der Waals surface area contributed by atoms with Crippen molar-refractivity contribution in [3.63, 3.8) is 0 Å². The third-order valence-electron chi connectivity index (χ3n) is 2.07. The van der Waals surface area contributed by atoms with Gasteiger partial charge in [0, 0.05) is 19.2 Å². The summed E-state index contributed by atoms with van der Waals surface area (Å²) in [5, 5.41) is 0. The molecule has 0 fully saturated rings. The summed E-state index contributed by atoms with van der Waals surface area (Å²) in [7, 11) is 0. The van der Waals surface area contributed by atoms with Crippen molar-refractivity contribution < 1.29 is 0 Å². The molecule has 68 valence electrons. The van der Waals surface area contributed by atoms with Crippen molar-refractivity contribution in [1.82, 2.24) is 9.55 Å². The Kier molecular flexibility index (Phi) is 3.32. The summed E-state index contributed by atoms with van der Waals surface area (Å²) in [6, 6.07) is 0. The lowest BCUT2D eigenvalue weighted by Crippen LogP contribution is -2.00.